The monoisotopic (exact) mass is 322 g/mol. The van der Waals surface area contributed by atoms with Crippen LogP contribution < -0.4 is 0 Å². The SMILES string of the molecule is CCN(CC(=O)c1cc(Cl)sc1Cl)C(C)CN(C)C. The lowest BCUT2D eigenvalue weighted by Crippen LogP contribution is -2.42. The van der Waals surface area contributed by atoms with E-state index in [1.165, 1.54) is 11.3 Å². The molecule has 6 heteroatoms. The molecule has 0 radical (unpaired) electrons. The maximum Gasteiger partial charge on any atom is 0.179 e. The molecule has 0 saturated heterocycles. The smallest absolute Gasteiger partial charge is 0.179 e. The molecule has 0 fully saturated rings. The highest BCUT2D eigenvalue weighted by atomic mass is 35.5. The number of Topliss-reactive ketones (excluding diaryl/α,β-unsaturated/α-hetero) is 1. The van der Waals surface area contributed by atoms with E-state index in [2.05, 4.69) is 23.6 Å². The van der Waals surface area contributed by atoms with Gasteiger partial charge in [-0.2, -0.15) is 0 Å². The van der Waals surface area contributed by atoms with Crippen molar-refractivity contribution in [2.24, 2.45) is 0 Å². The minimum atomic E-state index is 0.0283. The summed E-state index contributed by atoms with van der Waals surface area (Å²) in [5.41, 5.74) is 0.534. The third-order valence-corrected chi connectivity index (χ3v) is 4.45. The topological polar surface area (TPSA) is 23.6 Å². The number of nitrogens with zero attached hydrogens (tertiary/aromatic N) is 2. The van der Waals surface area contributed by atoms with Gasteiger partial charge in [-0.1, -0.05) is 30.1 Å². The van der Waals surface area contributed by atoms with Gasteiger partial charge in [0.1, 0.15) is 4.34 Å². The molecule has 0 aliphatic heterocycles. The second-order valence-corrected chi connectivity index (χ2v) is 7.12. The Morgan fingerprint density at radius 2 is 2.05 bits per heavy atom. The molecule has 0 N–H and O–H groups in total. The molecule has 1 heterocycles. The van der Waals surface area contributed by atoms with Crippen molar-refractivity contribution in [3.8, 4) is 0 Å². The maximum absolute atomic E-state index is 12.2. The summed E-state index contributed by atoms with van der Waals surface area (Å²) in [6.07, 6.45) is 0. The number of rotatable bonds is 7. The van der Waals surface area contributed by atoms with Crippen LogP contribution in [0.3, 0.4) is 0 Å². The van der Waals surface area contributed by atoms with Crippen molar-refractivity contribution in [3.63, 3.8) is 0 Å². The molecule has 0 spiro atoms. The quantitative estimate of drug-likeness (QED) is 0.718. The third-order valence-electron chi connectivity index (χ3n) is 2.96. The Morgan fingerprint density at radius 1 is 1.42 bits per heavy atom. The second kappa shape index (κ2) is 7.60. The molecule has 0 bridgehead atoms. The summed E-state index contributed by atoms with van der Waals surface area (Å²) in [6.45, 7) is 6.30. The molecule has 0 aromatic carbocycles. The minimum Gasteiger partial charge on any atom is -0.308 e. The molecule has 108 valence electrons. The van der Waals surface area contributed by atoms with E-state index < -0.39 is 0 Å². The van der Waals surface area contributed by atoms with Crippen molar-refractivity contribution in [2.45, 2.75) is 19.9 Å². The first-order chi connectivity index (χ1) is 8.85. The van der Waals surface area contributed by atoms with Gasteiger partial charge >= 0.3 is 0 Å². The summed E-state index contributed by atoms with van der Waals surface area (Å²) < 4.78 is 1.03. The molecular formula is C13H20Cl2N2OS. The van der Waals surface area contributed by atoms with Crippen LogP contribution in [0.15, 0.2) is 6.07 Å². The zero-order chi connectivity index (χ0) is 14.6. The van der Waals surface area contributed by atoms with E-state index in [1.54, 1.807) is 6.07 Å². The largest absolute Gasteiger partial charge is 0.308 e. The molecule has 0 saturated carbocycles. The fraction of sp³-hybridized carbons (Fsp3) is 0.615. The molecule has 1 aromatic heterocycles. The fourth-order valence-corrected chi connectivity index (χ4v) is 3.52. The van der Waals surface area contributed by atoms with Gasteiger partial charge in [-0.3, -0.25) is 9.69 Å². The molecular weight excluding hydrogens is 303 g/mol. The number of hydrogen-bond acceptors (Lipinski definition) is 4. The van der Waals surface area contributed by atoms with Crippen LogP contribution in [0.5, 0.6) is 0 Å². The Bertz CT molecular complexity index is 434. The summed E-state index contributed by atoms with van der Waals surface area (Å²) in [5, 5.41) is 0. The van der Waals surface area contributed by atoms with Gasteiger partial charge in [0.05, 0.1) is 16.4 Å². The lowest BCUT2D eigenvalue weighted by Gasteiger charge is -2.29. The fourth-order valence-electron chi connectivity index (χ4n) is 2.02. The zero-order valence-corrected chi connectivity index (χ0v) is 14.1. The third kappa shape index (κ3) is 5.04. The molecule has 1 unspecified atom stereocenters. The summed E-state index contributed by atoms with van der Waals surface area (Å²) in [6, 6.07) is 1.97. The maximum atomic E-state index is 12.2. The van der Waals surface area contributed by atoms with E-state index in [4.69, 9.17) is 23.2 Å². The Balaban J connectivity index is 2.70. The van der Waals surface area contributed by atoms with Gasteiger partial charge < -0.3 is 4.90 Å². The zero-order valence-electron chi connectivity index (χ0n) is 11.7. The molecule has 19 heavy (non-hydrogen) atoms. The molecule has 0 aliphatic carbocycles. The highest BCUT2D eigenvalue weighted by Gasteiger charge is 2.20. The molecule has 0 amide bonds. The lowest BCUT2D eigenvalue weighted by molar-refractivity contribution is 0.0889. The molecule has 1 aromatic rings. The van der Waals surface area contributed by atoms with Gasteiger partial charge in [-0.15, -0.1) is 11.3 Å². The van der Waals surface area contributed by atoms with Gasteiger partial charge in [-0.05, 0) is 33.6 Å². The first-order valence-corrected chi connectivity index (χ1v) is 7.79. The highest BCUT2D eigenvalue weighted by Crippen LogP contribution is 2.31. The standard InChI is InChI=1S/C13H20Cl2N2OS/c1-5-17(9(2)7-16(3)4)8-11(18)10-6-12(14)19-13(10)15/h6,9H,5,7-8H2,1-4H3. The van der Waals surface area contributed by atoms with Gasteiger partial charge in [0.15, 0.2) is 5.78 Å². The predicted octanol–water partition coefficient (Wildman–Crippen LogP) is 3.51. The second-order valence-electron chi connectivity index (χ2n) is 4.84. The minimum absolute atomic E-state index is 0.0283. The predicted molar refractivity (Wildman–Crippen MR) is 83.9 cm³/mol. The lowest BCUT2D eigenvalue weighted by atomic mass is 10.2. The van der Waals surface area contributed by atoms with E-state index >= 15 is 0 Å². The van der Waals surface area contributed by atoms with Gasteiger partial charge in [-0.25, -0.2) is 0 Å². The Morgan fingerprint density at radius 3 is 2.47 bits per heavy atom. The summed E-state index contributed by atoms with van der Waals surface area (Å²) in [5.74, 6) is 0.0283. The average molecular weight is 323 g/mol. The van der Waals surface area contributed by atoms with E-state index in [0.717, 1.165) is 13.1 Å². The average Bonchev–Trinajstić information content (AvgIpc) is 2.64. The van der Waals surface area contributed by atoms with Crippen LogP contribution in [0.2, 0.25) is 8.67 Å². The van der Waals surface area contributed by atoms with Crippen LogP contribution in [0.25, 0.3) is 0 Å². The van der Waals surface area contributed by atoms with E-state index in [9.17, 15) is 4.79 Å². The first kappa shape index (κ1) is 16.9. The number of ketones is 1. The van der Waals surface area contributed by atoms with Crippen molar-refractivity contribution < 1.29 is 4.79 Å². The number of likely N-dealkylation sites (N-methyl/N-ethyl adjacent to an activating group) is 2. The molecule has 0 aliphatic rings. The number of hydrogen-bond donors (Lipinski definition) is 0. The number of thiophene rings is 1. The molecule has 3 nitrogen and oxygen atoms in total. The summed E-state index contributed by atoms with van der Waals surface area (Å²) >= 11 is 13.1. The van der Waals surface area contributed by atoms with E-state index in [-0.39, 0.29) is 5.78 Å². The van der Waals surface area contributed by atoms with Crippen LogP contribution in [0, 0.1) is 0 Å². The van der Waals surface area contributed by atoms with E-state index in [0.29, 0.717) is 26.8 Å². The van der Waals surface area contributed by atoms with Gasteiger partial charge in [0, 0.05) is 12.6 Å². The number of halogens is 2. The number of carbonyl (C=O) groups is 1. The summed E-state index contributed by atoms with van der Waals surface area (Å²) in [4.78, 5) is 16.5. The van der Waals surface area contributed by atoms with Gasteiger partial charge in [0.25, 0.3) is 0 Å². The van der Waals surface area contributed by atoms with Crippen LogP contribution in [-0.4, -0.2) is 55.4 Å². The van der Waals surface area contributed by atoms with E-state index in [1.807, 2.05) is 14.1 Å². The van der Waals surface area contributed by atoms with Crippen LogP contribution in [-0.2, 0) is 0 Å². The Hall–Kier alpha value is -0.130. The highest BCUT2D eigenvalue weighted by molar-refractivity contribution is 7.20. The van der Waals surface area contributed by atoms with Crippen molar-refractivity contribution in [3.05, 3.63) is 20.3 Å². The molecule has 1 rings (SSSR count). The van der Waals surface area contributed by atoms with Crippen molar-refractivity contribution in [2.75, 3.05) is 33.7 Å². The first-order valence-electron chi connectivity index (χ1n) is 6.22. The Labute approximate surface area is 129 Å². The van der Waals surface area contributed by atoms with Crippen molar-refractivity contribution in [1.29, 1.82) is 0 Å². The van der Waals surface area contributed by atoms with Crippen LogP contribution >= 0.6 is 34.5 Å². The number of carbonyl (C=O) groups excluding carboxylic acids is 1. The van der Waals surface area contributed by atoms with Crippen molar-refractivity contribution >= 4 is 40.3 Å². The van der Waals surface area contributed by atoms with Gasteiger partial charge in [0.2, 0.25) is 0 Å². The van der Waals surface area contributed by atoms with Crippen LogP contribution in [0.4, 0.5) is 0 Å². The Kier molecular flexibility index (Phi) is 6.77. The van der Waals surface area contributed by atoms with Crippen molar-refractivity contribution in [1.82, 2.24) is 9.80 Å². The normalized spacial score (nSPS) is 13.3. The summed E-state index contributed by atoms with van der Waals surface area (Å²) in [7, 11) is 4.06. The molecule has 1 atom stereocenters. The van der Waals surface area contributed by atoms with Crippen LogP contribution in [0.1, 0.15) is 24.2 Å².